The number of pyridine rings is 6. The zero-order valence-electron chi connectivity index (χ0n) is 52.7. The zero-order chi connectivity index (χ0) is 58.7. The van der Waals surface area contributed by atoms with Crippen molar-refractivity contribution < 1.29 is 19.2 Å². The largest absolute Gasteiger partial charge is 0.257 e. The summed E-state index contributed by atoms with van der Waals surface area (Å²) in [6, 6.07) is 41.5. The molecule has 13 rings (SSSR count). The van der Waals surface area contributed by atoms with Gasteiger partial charge in [0.25, 0.3) is 0 Å². The molecule has 3 aromatic carbocycles. The number of benzene rings is 3. The summed E-state index contributed by atoms with van der Waals surface area (Å²) >= 11 is 0. The molecule has 1 spiro atoms. The van der Waals surface area contributed by atoms with Crippen molar-refractivity contribution in [1.29, 1.82) is 0 Å². The topological polar surface area (TPSA) is 50.3 Å². The lowest BCUT2D eigenvalue weighted by molar-refractivity contribution is -0.660. The van der Waals surface area contributed by atoms with E-state index in [2.05, 4.69) is 208 Å². The molecule has 0 amide bonds. The molecule has 6 heterocycles. The Kier molecular flexibility index (Phi) is 11.9. The molecule has 1 unspecified atom stereocenters. The maximum Gasteiger partial charge on any atom is 0.212 e. The summed E-state index contributed by atoms with van der Waals surface area (Å²) in [5, 5.41) is 0. The van der Waals surface area contributed by atoms with E-state index in [-0.39, 0.29) is 16.2 Å². The van der Waals surface area contributed by atoms with Crippen molar-refractivity contribution >= 4 is 0 Å². The van der Waals surface area contributed by atoms with Gasteiger partial charge in [0.1, 0.15) is 21.1 Å². The summed E-state index contributed by atoms with van der Waals surface area (Å²) < 4.78 is 38.4. The van der Waals surface area contributed by atoms with E-state index in [1.54, 1.807) is 6.07 Å². The Balaban J connectivity index is 0.000000130. The summed E-state index contributed by atoms with van der Waals surface area (Å²) in [5.74, 6) is -1.68. The lowest BCUT2D eigenvalue weighted by Gasteiger charge is -2.26. The Morgan fingerprint density at radius 3 is 1.40 bits per heavy atom. The van der Waals surface area contributed by atoms with Crippen molar-refractivity contribution in [2.24, 2.45) is 21.1 Å². The molecule has 394 valence electrons. The summed E-state index contributed by atoms with van der Waals surface area (Å²) in [5.41, 5.74) is 31.3. The van der Waals surface area contributed by atoms with Crippen LogP contribution < -0.4 is 13.7 Å². The van der Waals surface area contributed by atoms with Gasteiger partial charge in [-0.05, 0) is 171 Å². The van der Waals surface area contributed by atoms with Crippen LogP contribution in [0.4, 0.5) is 0 Å². The first-order valence-electron chi connectivity index (χ1n) is 30.0. The number of fused-ring (bicyclic) bond motifs is 11. The molecule has 0 aliphatic heterocycles. The predicted octanol–water partition coefficient (Wildman–Crippen LogP) is 15.5. The van der Waals surface area contributed by atoms with Crippen LogP contribution in [0.1, 0.15) is 157 Å². The van der Waals surface area contributed by atoms with E-state index in [0.717, 1.165) is 39.6 Å². The highest BCUT2D eigenvalue weighted by Gasteiger charge is 2.47. The molecule has 1 atom stereocenters. The van der Waals surface area contributed by atoms with Gasteiger partial charge in [-0.15, -0.1) is 0 Å². The third kappa shape index (κ3) is 8.71. The van der Waals surface area contributed by atoms with Gasteiger partial charge in [-0.25, -0.2) is 13.7 Å². The van der Waals surface area contributed by atoms with E-state index in [1.807, 2.05) is 30.8 Å². The van der Waals surface area contributed by atoms with Crippen LogP contribution in [-0.4, -0.2) is 15.0 Å². The van der Waals surface area contributed by atoms with Crippen molar-refractivity contribution in [3.05, 3.63) is 213 Å². The molecule has 6 heteroatoms. The van der Waals surface area contributed by atoms with Crippen LogP contribution in [0.15, 0.2) is 134 Å². The second-order valence-electron chi connectivity index (χ2n) is 24.2. The van der Waals surface area contributed by atoms with Crippen LogP contribution in [0.5, 0.6) is 0 Å². The van der Waals surface area contributed by atoms with Crippen LogP contribution in [0.2, 0.25) is 0 Å². The fourth-order valence-electron chi connectivity index (χ4n) is 13.4. The maximum absolute atomic E-state index is 8.52. The SMILES string of the molecule is Cc1cc[n+](C)c(-c2cc3c(cc2C)-c2ccc(C)nc2C3(C)C)c1.Cc1ccc2c(n1)C1(CCCC1)c1cc(-c3cccc[n+]3C)c(C)cc1-2.[2H]C([2H])([2H])C([2H])(C)c1cc[n+](C)c(-c2cc3c(cc2C)-c2ccc(C)nc2C3(C)C)c1. The Bertz CT molecular complexity index is 4080. The number of aryl methyl sites for hydroxylation is 10. The molecule has 6 nitrogen and oxygen atoms in total. The number of nitrogens with zero attached hydrogens (tertiary/aromatic N) is 6. The first kappa shape index (κ1) is 47.7. The molecule has 4 aliphatic carbocycles. The van der Waals surface area contributed by atoms with Crippen LogP contribution in [0.3, 0.4) is 0 Å². The van der Waals surface area contributed by atoms with E-state index >= 15 is 0 Å². The molecule has 78 heavy (non-hydrogen) atoms. The number of hydrogen-bond donors (Lipinski definition) is 0. The second kappa shape index (κ2) is 19.5. The van der Waals surface area contributed by atoms with E-state index in [0.29, 0.717) is 5.56 Å². The highest BCUT2D eigenvalue weighted by molar-refractivity contribution is 5.86. The third-order valence-corrected chi connectivity index (χ3v) is 17.8. The summed E-state index contributed by atoms with van der Waals surface area (Å²) in [6.07, 6.45) is 11.2. The minimum Gasteiger partial charge on any atom is -0.257 e. The fourth-order valence-corrected chi connectivity index (χ4v) is 13.4. The van der Waals surface area contributed by atoms with Crippen LogP contribution in [0.25, 0.3) is 67.2 Å². The summed E-state index contributed by atoms with van der Waals surface area (Å²) in [4.78, 5) is 14.8. The first-order chi connectivity index (χ1) is 38.6. The molecular formula is C72H79N6+3. The van der Waals surface area contributed by atoms with E-state index in [9.17, 15) is 0 Å². The maximum atomic E-state index is 8.52. The average molecular weight is 1030 g/mol. The van der Waals surface area contributed by atoms with Crippen LogP contribution >= 0.6 is 0 Å². The third-order valence-electron chi connectivity index (χ3n) is 17.8. The molecule has 0 N–H and O–H groups in total. The fraction of sp³-hybridized carbons (Fsp3) is 0.333. The van der Waals surface area contributed by atoms with Crippen molar-refractivity contribution in [3.63, 3.8) is 0 Å². The second-order valence-corrected chi connectivity index (χ2v) is 24.2. The monoisotopic (exact) mass is 1030 g/mol. The van der Waals surface area contributed by atoms with E-state index in [1.165, 1.54) is 133 Å². The van der Waals surface area contributed by atoms with Crippen molar-refractivity contribution in [2.45, 2.75) is 138 Å². The van der Waals surface area contributed by atoms with Gasteiger partial charge in [0.05, 0.1) is 17.1 Å². The van der Waals surface area contributed by atoms with Gasteiger partial charge in [0.15, 0.2) is 18.6 Å². The summed E-state index contributed by atoms with van der Waals surface area (Å²) in [7, 11) is 6.20. The van der Waals surface area contributed by atoms with Gasteiger partial charge in [-0.2, -0.15) is 0 Å². The molecule has 1 fully saturated rings. The molecule has 0 saturated heterocycles. The summed E-state index contributed by atoms with van der Waals surface area (Å²) in [6.45, 7) is 22.9. The Hall–Kier alpha value is -7.44. The lowest BCUT2D eigenvalue weighted by atomic mass is 9.78. The Morgan fingerprint density at radius 2 is 0.885 bits per heavy atom. The molecule has 1 saturated carbocycles. The number of hydrogen-bond acceptors (Lipinski definition) is 3. The predicted molar refractivity (Wildman–Crippen MR) is 320 cm³/mol. The minimum absolute atomic E-state index is 0.0679. The smallest absolute Gasteiger partial charge is 0.212 e. The van der Waals surface area contributed by atoms with E-state index < -0.39 is 12.7 Å². The van der Waals surface area contributed by atoms with Crippen molar-refractivity contribution in [2.75, 3.05) is 0 Å². The normalized spacial score (nSPS) is 16.8. The Labute approximate surface area is 470 Å². The van der Waals surface area contributed by atoms with Gasteiger partial charge in [-0.1, -0.05) is 90.7 Å². The lowest BCUT2D eigenvalue weighted by Crippen LogP contribution is -2.31. The zero-order valence-corrected chi connectivity index (χ0v) is 48.7. The van der Waals surface area contributed by atoms with Gasteiger partial charge < -0.3 is 0 Å². The van der Waals surface area contributed by atoms with Crippen molar-refractivity contribution in [1.82, 2.24) is 15.0 Å². The molecule has 0 bridgehead atoms. The Morgan fingerprint density at radius 1 is 0.449 bits per heavy atom. The molecular weight excluding hydrogens is 949 g/mol. The van der Waals surface area contributed by atoms with Crippen LogP contribution in [0, 0.1) is 48.5 Å². The van der Waals surface area contributed by atoms with E-state index in [4.69, 9.17) is 20.4 Å². The van der Waals surface area contributed by atoms with Gasteiger partial charge in [0, 0.05) is 109 Å². The first-order valence-corrected chi connectivity index (χ1v) is 28.0. The average Bonchev–Trinajstić information content (AvgIpc) is 2.10. The highest BCUT2D eigenvalue weighted by Crippen LogP contribution is 2.57. The molecule has 0 radical (unpaired) electrons. The molecule has 4 aliphatic rings. The van der Waals surface area contributed by atoms with Gasteiger partial charge in [-0.3, -0.25) is 15.0 Å². The quantitative estimate of drug-likeness (QED) is 0.165. The number of rotatable bonds is 4. The van der Waals surface area contributed by atoms with Crippen molar-refractivity contribution in [3.8, 4) is 67.2 Å². The highest BCUT2D eigenvalue weighted by atomic mass is 14.9. The number of aromatic nitrogens is 6. The molecule has 6 aromatic heterocycles. The minimum atomic E-state index is -2.41. The van der Waals surface area contributed by atoms with Crippen LogP contribution in [-0.2, 0) is 37.4 Å². The molecule has 9 aromatic rings. The van der Waals surface area contributed by atoms with Gasteiger partial charge >= 0.3 is 0 Å². The van der Waals surface area contributed by atoms with Gasteiger partial charge in [0.2, 0.25) is 17.1 Å². The standard InChI is InChI=1S/C25H29N2.C24H25N2.C23H25N2/c1-15(2)18-10-11-27(7)23(13-18)20-14-22-21(12-16(20)3)19-9-8-17(4)26-24(19)25(22,5)6;1-16-14-20-18-10-9-17(2)25-23(18)24(11-5-6-12-24)21(20)15-19(16)22-8-4-7-13-26(22)3;1-14-9-10-25(6)21(11-14)18-13-20-19(12-15(18)2)17-8-7-16(3)24-22(17)23(20,4)5/h8-15H,1-7H3;4,7-10,13-15H,5-6,11-12H2,1-3H3;7-13H,1-6H3/q3*+1/i1D3,15D;;.